The molecule has 0 aliphatic heterocycles. The zero-order valence-electron chi connectivity index (χ0n) is 11.0. The van der Waals surface area contributed by atoms with Crippen LogP contribution in [0.5, 0.6) is 0 Å². The van der Waals surface area contributed by atoms with Gasteiger partial charge in [0.1, 0.15) is 6.10 Å². The maximum absolute atomic E-state index is 10.7. The van der Waals surface area contributed by atoms with Gasteiger partial charge in [-0.25, -0.2) is 0 Å². The van der Waals surface area contributed by atoms with Crippen molar-refractivity contribution in [3.8, 4) is 0 Å². The van der Waals surface area contributed by atoms with Gasteiger partial charge in [-0.15, -0.1) is 0 Å². The van der Waals surface area contributed by atoms with Crippen LogP contribution >= 0.6 is 0 Å². The van der Waals surface area contributed by atoms with Crippen LogP contribution in [0.4, 0.5) is 0 Å². The van der Waals surface area contributed by atoms with Crippen molar-refractivity contribution in [2.75, 3.05) is 6.61 Å². The first kappa shape index (κ1) is 14.5. The lowest BCUT2D eigenvalue weighted by Crippen LogP contribution is -2.08. The third-order valence-electron chi connectivity index (χ3n) is 2.30. The summed E-state index contributed by atoms with van der Waals surface area (Å²) in [6, 6.07) is 10.1. The fourth-order valence-corrected chi connectivity index (χ4v) is 1.50. The highest BCUT2D eigenvalue weighted by atomic mass is 16.5. The van der Waals surface area contributed by atoms with Gasteiger partial charge in [0.05, 0.1) is 13.2 Å². The van der Waals surface area contributed by atoms with Crippen LogP contribution in [0.1, 0.15) is 25.8 Å². The molecule has 0 unspecified atom stereocenters. The average Bonchev–Trinajstić information content (AvgIpc) is 2.34. The molecule has 0 fully saturated rings. The lowest BCUT2D eigenvalue weighted by molar-refractivity contribution is -0.143. The van der Waals surface area contributed by atoms with Crippen LogP contribution in [-0.4, -0.2) is 18.7 Å². The summed E-state index contributed by atoms with van der Waals surface area (Å²) >= 11 is 0. The van der Waals surface area contributed by atoms with Crippen LogP contribution < -0.4 is 0 Å². The molecule has 0 N–H and O–H groups in total. The smallest absolute Gasteiger partial charge is 0.303 e. The highest BCUT2D eigenvalue weighted by Gasteiger charge is 1.98. The highest BCUT2D eigenvalue weighted by Crippen LogP contribution is 2.01. The number of rotatable bonds is 7. The largest absolute Gasteiger partial charge is 0.459 e. The first-order valence-electron chi connectivity index (χ1n) is 6.14. The highest BCUT2D eigenvalue weighted by molar-refractivity contribution is 5.66. The van der Waals surface area contributed by atoms with Crippen molar-refractivity contribution in [2.24, 2.45) is 0 Å². The predicted octanol–water partition coefficient (Wildman–Crippen LogP) is 3.10. The predicted molar refractivity (Wildman–Crippen MR) is 71.1 cm³/mol. The Labute approximate surface area is 108 Å². The van der Waals surface area contributed by atoms with E-state index < -0.39 is 0 Å². The Hall–Kier alpha value is -1.61. The molecular weight excluding hydrogens is 228 g/mol. The maximum atomic E-state index is 10.7. The van der Waals surface area contributed by atoms with E-state index in [0.29, 0.717) is 13.2 Å². The molecule has 0 saturated carbocycles. The zero-order chi connectivity index (χ0) is 13.2. The minimum Gasteiger partial charge on any atom is -0.459 e. The molecule has 1 rings (SSSR count). The van der Waals surface area contributed by atoms with E-state index in [2.05, 4.69) is 0 Å². The van der Waals surface area contributed by atoms with E-state index in [0.717, 1.165) is 6.42 Å². The molecular formula is C15H20O3. The van der Waals surface area contributed by atoms with E-state index in [1.165, 1.54) is 12.5 Å². The SMILES string of the molecule is CC(=O)O[C@H](C)/C=C\CCOCc1ccccc1. The number of ether oxygens (including phenoxy) is 2. The Morgan fingerprint density at radius 3 is 2.72 bits per heavy atom. The minimum atomic E-state index is -0.257. The van der Waals surface area contributed by atoms with Gasteiger partial charge >= 0.3 is 5.97 Å². The molecule has 1 atom stereocenters. The fraction of sp³-hybridized carbons (Fsp3) is 0.400. The van der Waals surface area contributed by atoms with E-state index >= 15 is 0 Å². The molecule has 3 heteroatoms. The third kappa shape index (κ3) is 6.86. The number of carbonyl (C=O) groups is 1. The molecule has 0 aromatic heterocycles. The Balaban J connectivity index is 2.08. The van der Waals surface area contributed by atoms with E-state index in [-0.39, 0.29) is 12.1 Å². The van der Waals surface area contributed by atoms with Crippen molar-refractivity contribution >= 4 is 5.97 Å². The van der Waals surface area contributed by atoms with Gasteiger partial charge < -0.3 is 9.47 Å². The first-order chi connectivity index (χ1) is 8.68. The van der Waals surface area contributed by atoms with Crippen LogP contribution in [0.3, 0.4) is 0 Å². The number of carbonyl (C=O) groups excluding carboxylic acids is 1. The zero-order valence-corrected chi connectivity index (χ0v) is 11.0. The van der Waals surface area contributed by atoms with Crippen LogP contribution in [0.2, 0.25) is 0 Å². The lowest BCUT2D eigenvalue weighted by atomic mass is 10.2. The average molecular weight is 248 g/mol. The summed E-state index contributed by atoms with van der Waals surface area (Å²) < 4.78 is 10.5. The summed E-state index contributed by atoms with van der Waals surface area (Å²) in [7, 11) is 0. The molecule has 0 bridgehead atoms. The van der Waals surface area contributed by atoms with Crippen molar-refractivity contribution in [1.82, 2.24) is 0 Å². The summed E-state index contributed by atoms with van der Waals surface area (Å²) in [5, 5.41) is 0. The van der Waals surface area contributed by atoms with E-state index in [1.54, 1.807) is 0 Å². The van der Waals surface area contributed by atoms with Gasteiger partial charge in [-0.05, 0) is 25.0 Å². The normalized spacial score (nSPS) is 12.6. The van der Waals surface area contributed by atoms with E-state index in [9.17, 15) is 4.79 Å². The summed E-state index contributed by atoms with van der Waals surface area (Å²) in [5.74, 6) is -0.257. The Morgan fingerprint density at radius 1 is 1.33 bits per heavy atom. The maximum Gasteiger partial charge on any atom is 0.303 e. The minimum absolute atomic E-state index is 0.170. The van der Waals surface area contributed by atoms with Crippen LogP contribution in [0.15, 0.2) is 42.5 Å². The van der Waals surface area contributed by atoms with Gasteiger partial charge in [0.2, 0.25) is 0 Å². The molecule has 98 valence electrons. The third-order valence-corrected chi connectivity index (χ3v) is 2.30. The van der Waals surface area contributed by atoms with Gasteiger partial charge in [0.25, 0.3) is 0 Å². The quantitative estimate of drug-likeness (QED) is 0.422. The van der Waals surface area contributed by atoms with Gasteiger partial charge in [0.15, 0.2) is 0 Å². The molecule has 1 aromatic carbocycles. The topological polar surface area (TPSA) is 35.5 Å². The van der Waals surface area contributed by atoms with Gasteiger partial charge in [-0.3, -0.25) is 4.79 Å². The van der Waals surface area contributed by atoms with Crippen molar-refractivity contribution in [3.63, 3.8) is 0 Å². The second-order valence-electron chi connectivity index (χ2n) is 4.07. The van der Waals surface area contributed by atoms with Crippen LogP contribution in [0, 0.1) is 0 Å². The molecule has 0 radical (unpaired) electrons. The second-order valence-corrected chi connectivity index (χ2v) is 4.07. The summed E-state index contributed by atoms with van der Waals surface area (Å²) in [5.41, 5.74) is 1.18. The van der Waals surface area contributed by atoms with Gasteiger partial charge in [-0.1, -0.05) is 36.4 Å². The molecule has 0 heterocycles. The monoisotopic (exact) mass is 248 g/mol. The number of hydrogen-bond donors (Lipinski definition) is 0. The summed E-state index contributed by atoms with van der Waals surface area (Å²) in [6.45, 7) is 4.54. The number of hydrogen-bond acceptors (Lipinski definition) is 3. The molecule has 18 heavy (non-hydrogen) atoms. The van der Waals surface area contributed by atoms with Crippen molar-refractivity contribution in [3.05, 3.63) is 48.0 Å². The Morgan fingerprint density at radius 2 is 2.06 bits per heavy atom. The van der Waals surface area contributed by atoms with Gasteiger partial charge in [-0.2, -0.15) is 0 Å². The van der Waals surface area contributed by atoms with Gasteiger partial charge in [0, 0.05) is 6.92 Å². The fourth-order valence-electron chi connectivity index (χ4n) is 1.50. The molecule has 0 spiro atoms. The van der Waals surface area contributed by atoms with Crippen LogP contribution in [0.25, 0.3) is 0 Å². The molecule has 0 aliphatic carbocycles. The molecule has 0 aliphatic rings. The van der Waals surface area contributed by atoms with Crippen molar-refractivity contribution in [1.29, 1.82) is 0 Å². The Bertz CT molecular complexity index is 371. The summed E-state index contributed by atoms with van der Waals surface area (Å²) in [4.78, 5) is 10.7. The molecule has 0 saturated heterocycles. The molecule has 3 nitrogen and oxygen atoms in total. The number of benzene rings is 1. The van der Waals surface area contributed by atoms with E-state index in [1.807, 2.05) is 49.4 Å². The number of esters is 1. The molecule has 1 aromatic rings. The lowest BCUT2D eigenvalue weighted by Gasteiger charge is -2.06. The van der Waals surface area contributed by atoms with Crippen molar-refractivity contribution in [2.45, 2.75) is 33.0 Å². The van der Waals surface area contributed by atoms with Crippen molar-refractivity contribution < 1.29 is 14.3 Å². The molecule has 0 amide bonds. The van der Waals surface area contributed by atoms with Crippen LogP contribution in [-0.2, 0) is 20.9 Å². The van der Waals surface area contributed by atoms with E-state index in [4.69, 9.17) is 9.47 Å². The summed E-state index contributed by atoms with van der Waals surface area (Å²) in [6.07, 6.45) is 4.49. The first-order valence-corrected chi connectivity index (χ1v) is 6.14. The Kier molecular flexibility index (Phi) is 6.81. The second kappa shape index (κ2) is 8.48. The standard InChI is InChI=1S/C15H20O3/c1-13(18-14(2)16)8-6-7-11-17-12-15-9-4-3-5-10-15/h3-6,8-10,13H,7,11-12H2,1-2H3/b8-6-/t13-/m1/s1.